The summed E-state index contributed by atoms with van der Waals surface area (Å²) in [6.07, 6.45) is 2.21. The van der Waals surface area contributed by atoms with Crippen LogP contribution in [0, 0.1) is 23.7 Å². The molecule has 0 saturated carbocycles. The number of benzene rings is 3. The second-order valence-corrected chi connectivity index (χ2v) is 21.3. The first-order valence-electron chi connectivity index (χ1n) is 22.0. The summed E-state index contributed by atoms with van der Waals surface area (Å²) in [5.41, 5.74) is -1.92. The monoisotopic (exact) mass is 1180 g/mol. The molecule has 23 nitrogen and oxygen atoms in total. The van der Waals surface area contributed by atoms with Crippen LogP contribution in [0.5, 0.6) is 0 Å². The van der Waals surface area contributed by atoms with Gasteiger partial charge in [0, 0.05) is 51.4 Å². The summed E-state index contributed by atoms with van der Waals surface area (Å²) < 4.78 is 92.4. The average molecular weight is 1180 g/mol. The van der Waals surface area contributed by atoms with Crippen LogP contribution in [-0.2, 0) is 43.8 Å². The Balaban J connectivity index is 0.000000585. The molecule has 2 aromatic heterocycles. The standard InChI is InChI=1S/C18H15O9PS3.C16H20N2O5.C13H16N2O5.B.3Na/c19-26-27-29-16-7-1-4-13(10-16)28(14-5-2-8-17(11-14)30(20,21)22)15-6-3-9-18(12-15)31(23,24)25;1-3-5-6-11-9-18(16(21)17-15(11)20)14-8-12(22-7-4-2)13(10-19)23-14;1-2-3-4-8-6-15(13(19)14-12(8)18)11-5-9(17)10(7-16)20-11;;;;/h1-12,19H,(H,20,21,22)(H,23,24,25);4,9,12-14,19H,2-3,7-8,10H2,1H3,(H,17,20,21);6,9-11,16-17H,2,5,7H2,1H3,(H,14,18,19);;;;/q;;;;3*+1/p-3/t;12-,13-,14-;9-,10-,11-;;;;/m.11..../s1. The molecule has 5 aromatic rings. The maximum Gasteiger partial charge on any atom is 1.00 e. The molecule has 0 aliphatic carbocycles. The van der Waals surface area contributed by atoms with Gasteiger partial charge in [0.15, 0.2) is 0 Å². The van der Waals surface area contributed by atoms with E-state index in [0.717, 1.165) is 12.1 Å². The van der Waals surface area contributed by atoms with Crippen LogP contribution in [0.1, 0.15) is 63.1 Å². The molecule has 0 spiro atoms. The number of H-pyrrole nitrogens is 2. The average Bonchev–Trinajstić information content (AvgIpc) is 3.97. The van der Waals surface area contributed by atoms with E-state index in [1.165, 1.54) is 45.8 Å². The number of nitrogens with one attached hydrogen (secondary N) is 2. The molecule has 2 fully saturated rings. The quantitative estimate of drug-likeness (QED) is 0.00950. The number of aliphatic hydroxyl groups excluding tert-OH is 3. The van der Waals surface area contributed by atoms with Gasteiger partial charge in [0.05, 0.1) is 53.9 Å². The van der Waals surface area contributed by atoms with Crippen molar-refractivity contribution in [1.29, 1.82) is 0 Å². The van der Waals surface area contributed by atoms with E-state index in [9.17, 15) is 60.6 Å². The molecule has 7 rings (SSSR count). The molecule has 2 saturated heterocycles. The summed E-state index contributed by atoms with van der Waals surface area (Å²) in [6.45, 7) is 7.05. The van der Waals surface area contributed by atoms with Gasteiger partial charge >= 0.3 is 100 Å². The Kier molecular flexibility index (Phi) is 33.1. The maximum absolute atomic E-state index is 12.0. The van der Waals surface area contributed by atoms with Crippen LogP contribution in [-0.4, -0.2) is 113 Å². The molecule has 78 heavy (non-hydrogen) atoms. The molecule has 2 aliphatic rings. The molecule has 5 N–H and O–H groups in total. The molecule has 3 aromatic carbocycles. The Morgan fingerprint density at radius 2 is 1.21 bits per heavy atom. The summed E-state index contributed by atoms with van der Waals surface area (Å²) in [4.78, 5) is 51.1. The van der Waals surface area contributed by atoms with E-state index in [-0.39, 0.29) is 134 Å². The van der Waals surface area contributed by atoms with Gasteiger partial charge in [-0.1, -0.05) is 80.0 Å². The van der Waals surface area contributed by atoms with Gasteiger partial charge in [-0.3, -0.25) is 33.7 Å². The minimum atomic E-state index is -4.74. The molecule has 2 aliphatic heterocycles. The Morgan fingerprint density at radius 3 is 1.63 bits per heavy atom. The summed E-state index contributed by atoms with van der Waals surface area (Å²) in [5.74, 6) is 10.9. The van der Waals surface area contributed by atoms with E-state index in [2.05, 4.69) is 49.6 Å². The van der Waals surface area contributed by atoms with Gasteiger partial charge < -0.3 is 43.9 Å². The fourth-order valence-electron chi connectivity index (χ4n) is 7.13. The van der Waals surface area contributed by atoms with Crippen molar-refractivity contribution in [2.24, 2.45) is 0 Å². The van der Waals surface area contributed by atoms with E-state index < -0.39 is 91.2 Å². The number of aromatic amines is 2. The predicted octanol–water partition coefficient (Wildman–Crippen LogP) is -9.80. The van der Waals surface area contributed by atoms with E-state index in [1.54, 1.807) is 42.5 Å². The molecular formula is C47H48BN4Na3O19PS3. The predicted molar refractivity (Wildman–Crippen MR) is 269 cm³/mol. The first-order valence-corrected chi connectivity index (χ1v) is 26.9. The second kappa shape index (κ2) is 35.2. The van der Waals surface area contributed by atoms with Crippen LogP contribution in [0.2, 0.25) is 0 Å². The first kappa shape index (κ1) is 73.2. The van der Waals surface area contributed by atoms with Crippen molar-refractivity contribution in [3.8, 4) is 23.7 Å². The van der Waals surface area contributed by atoms with Gasteiger partial charge in [-0.15, -0.1) is 6.58 Å². The summed E-state index contributed by atoms with van der Waals surface area (Å²) in [5, 5.41) is 43.0. The molecule has 4 heterocycles. The third kappa shape index (κ3) is 20.9. The van der Waals surface area contributed by atoms with Gasteiger partial charge in [-0.05, 0) is 60.2 Å². The topological polar surface area (TPSA) is 354 Å². The number of aliphatic hydroxyl groups is 3. The van der Waals surface area contributed by atoms with E-state index in [0.29, 0.717) is 58.7 Å². The molecule has 399 valence electrons. The largest absolute Gasteiger partial charge is 1.00 e. The minimum Gasteiger partial charge on any atom is -0.744 e. The number of ether oxygens (including phenoxy) is 3. The Bertz CT molecular complexity index is 3310. The molecule has 0 unspecified atom stereocenters. The third-order valence-electron chi connectivity index (χ3n) is 10.5. The smallest absolute Gasteiger partial charge is 0.744 e. The van der Waals surface area contributed by atoms with Gasteiger partial charge in [-0.25, -0.2) is 26.4 Å². The van der Waals surface area contributed by atoms with Crippen molar-refractivity contribution >= 4 is 64.5 Å². The van der Waals surface area contributed by atoms with Crippen molar-refractivity contribution in [3.63, 3.8) is 0 Å². The molecule has 31 heteroatoms. The van der Waals surface area contributed by atoms with Crippen LogP contribution in [0.25, 0.3) is 0 Å². The van der Waals surface area contributed by atoms with Crippen molar-refractivity contribution in [2.75, 3.05) is 19.8 Å². The van der Waals surface area contributed by atoms with E-state index in [1.807, 2.05) is 13.8 Å². The molecule has 0 amide bonds. The van der Waals surface area contributed by atoms with Gasteiger partial charge in [0.25, 0.3) is 11.1 Å². The van der Waals surface area contributed by atoms with Gasteiger partial charge in [0.2, 0.25) is 0 Å². The van der Waals surface area contributed by atoms with Crippen molar-refractivity contribution in [2.45, 2.75) is 91.1 Å². The van der Waals surface area contributed by atoms with E-state index >= 15 is 0 Å². The minimum absolute atomic E-state index is 0. The molecule has 3 radical (unpaired) electrons. The zero-order valence-corrected chi connectivity index (χ0v) is 52.1. The fraction of sp³-hybridized carbons (Fsp3) is 0.319. The SMILES string of the molecule is C=CCO[C@@H]1C[C@H](n2cc(C#CCC)c(=O)[nH]c2=O)O[C@@H]1CO.CCC#Cc1cn([C@H]2C[C@@H](O)[C@@H](CO)O2)c(=O)[nH]c1=O.O=S(=O)([O-])c1cccc(P(c2cccc(SOO[O-])c2)c2cccc(S(=O)(=O)[O-])c2)c1.[B].[Na+].[Na+].[Na+]. The van der Waals surface area contributed by atoms with Crippen molar-refractivity contribution in [1.82, 2.24) is 19.1 Å². The summed E-state index contributed by atoms with van der Waals surface area (Å²) >= 11 is 0.641. The number of nitrogens with zero attached hydrogens (tertiary/aromatic N) is 2. The van der Waals surface area contributed by atoms with Gasteiger partial charge in [0.1, 0.15) is 56.0 Å². The Hall–Kier alpha value is -2.82. The fourth-order valence-corrected chi connectivity index (χ4v) is 11.2. The third-order valence-corrected chi connectivity index (χ3v) is 15.1. The molecule has 6 atom stereocenters. The zero-order valence-electron chi connectivity index (χ0n) is 42.8. The van der Waals surface area contributed by atoms with E-state index in [4.69, 9.17) is 19.3 Å². The summed E-state index contributed by atoms with van der Waals surface area (Å²) in [7, 11) is -11.1. The normalized spacial score (nSPS) is 18.2. The summed E-state index contributed by atoms with van der Waals surface area (Å²) in [6, 6.07) is 17.3. The number of rotatable bonds is 15. The number of aromatic nitrogens is 4. The van der Waals surface area contributed by atoms with Crippen LogP contribution >= 0.6 is 20.0 Å². The van der Waals surface area contributed by atoms with Crippen LogP contribution in [0.4, 0.5) is 0 Å². The Labute approximate surface area is 522 Å². The molecular weight excluding hydrogens is 1130 g/mol. The van der Waals surface area contributed by atoms with Crippen molar-refractivity contribution < 1.29 is 159 Å². The Morgan fingerprint density at radius 1 is 0.756 bits per heavy atom. The number of hydrogen-bond acceptors (Lipinski definition) is 20. The zero-order chi connectivity index (χ0) is 54.2. The number of hydrogen-bond donors (Lipinski definition) is 5. The first-order chi connectivity index (χ1) is 35.3. The van der Waals surface area contributed by atoms with Crippen molar-refractivity contribution in [3.05, 3.63) is 151 Å². The molecule has 0 bridgehead atoms. The van der Waals surface area contributed by atoms with Gasteiger partial charge in [-0.2, -0.15) is 4.33 Å². The second-order valence-electron chi connectivity index (χ2n) is 15.5. The van der Waals surface area contributed by atoms with Crippen LogP contribution in [0.15, 0.2) is 132 Å². The maximum atomic E-state index is 12.0. The van der Waals surface area contributed by atoms with Crippen LogP contribution in [0.3, 0.4) is 0 Å². The van der Waals surface area contributed by atoms with Crippen LogP contribution < -0.4 is 132 Å².